The van der Waals surface area contributed by atoms with Gasteiger partial charge in [0.05, 0.1) is 24.7 Å². The van der Waals surface area contributed by atoms with Crippen molar-refractivity contribution in [2.75, 3.05) is 31.1 Å². The average molecular weight is 524 g/mol. The Labute approximate surface area is 211 Å². The van der Waals surface area contributed by atoms with E-state index in [1.54, 1.807) is 36.4 Å². The van der Waals surface area contributed by atoms with Crippen molar-refractivity contribution < 1.29 is 27.6 Å². The molecule has 0 aliphatic heterocycles. The number of rotatable bonds is 8. The lowest BCUT2D eigenvalue weighted by atomic mass is 10.1. The first-order valence-electron chi connectivity index (χ1n) is 10.6. The number of hydrogen-bond donors (Lipinski definition) is 2. The maximum Gasteiger partial charge on any atom is 0.288 e. The number of ether oxygens (including phenoxy) is 2. The van der Waals surface area contributed by atoms with Crippen molar-refractivity contribution >= 4 is 49.5 Å². The predicted molar refractivity (Wildman–Crippen MR) is 137 cm³/mol. The van der Waals surface area contributed by atoms with Gasteiger partial charge in [-0.15, -0.1) is 0 Å². The standard InChI is InChI=1S/C24H21N5O7S/c1-35-20-11-17-18(12-21(20)36-2)25-13-26-23(17)27-15-5-7-16(8-6-15)28-24(30)14-4-9-22(37(3,33)34)19(10-14)29(31)32/h4-13H,1-3H3,(H,28,30)(H,25,26,27). The molecule has 13 heteroatoms. The molecule has 0 atom stereocenters. The first-order valence-corrected chi connectivity index (χ1v) is 12.5. The lowest BCUT2D eigenvalue weighted by molar-refractivity contribution is -0.387. The second kappa shape index (κ2) is 10.1. The zero-order valence-electron chi connectivity index (χ0n) is 19.9. The monoisotopic (exact) mass is 523 g/mol. The van der Waals surface area contributed by atoms with Gasteiger partial charge in [0.25, 0.3) is 11.6 Å². The van der Waals surface area contributed by atoms with Gasteiger partial charge in [0, 0.05) is 40.7 Å². The Hall–Kier alpha value is -4.78. The molecule has 2 N–H and O–H groups in total. The number of carbonyl (C=O) groups excluding carboxylic acids is 1. The molecule has 12 nitrogen and oxygen atoms in total. The smallest absolute Gasteiger partial charge is 0.288 e. The van der Waals surface area contributed by atoms with Crippen LogP contribution in [0, 0.1) is 10.1 Å². The third kappa shape index (κ3) is 5.41. The molecule has 0 aliphatic carbocycles. The van der Waals surface area contributed by atoms with Crippen molar-refractivity contribution in [3.8, 4) is 11.5 Å². The second-order valence-electron chi connectivity index (χ2n) is 7.81. The fourth-order valence-electron chi connectivity index (χ4n) is 3.57. The highest BCUT2D eigenvalue weighted by Gasteiger charge is 2.24. The average Bonchev–Trinajstić information content (AvgIpc) is 2.88. The third-order valence-corrected chi connectivity index (χ3v) is 6.51. The zero-order valence-corrected chi connectivity index (χ0v) is 20.7. The molecule has 1 aromatic heterocycles. The normalized spacial score (nSPS) is 11.1. The van der Waals surface area contributed by atoms with Gasteiger partial charge in [-0.05, 0) is 42.5 Å². The quantitative estimate of drug-likeness (QED) is 0.255. The van der Waals surface area contributed by atoms with Crippen molar-refractivity contribution in [3.05, 3.63) is 76.6 Å². The maximum absolute atomic E-state index is 12.6. The summed E-state index contributed by atoms with van der Waals surface area (Å²) in [6.07, 6.45) is 2.28. The van der Waals surface area contributed by atoms with Crippen LogP contribution in [0.5, 0.6) is 11.5 Å². The highest BCUT2D eigenvalue weighted by molar-refractivity contribution is 7.90. The van der Waals surface area contributed by atoms with E-state index in [-0.39, 0.29) is 5.56 Å². The Balaban J connectivity index is 1.54. The van der Waals surface area contributed by atoms with Gasteiger partial charge in [0.15, 0.2) is 21.3 Å². The molecule has 37 heavy (non-hydrogen) atoms. The number of amides is 1. The van der Waals surface area contributed by atoms with Crippen LogP contribution in [0.2, 0.25) is 0 Å². The maximum atomic E-state index is 12.6. The lowest BCUT2D eigenvalue weighted by Crippen LogP contribution is -2.13. The van der Waals surface area contributed by atoms with Gasteiger partial charge in [-0.25, -0.2) is 18.4 Å². The Bertz CT molecular complexity index is 1620. The summed E-state index contributed by atoms with van der Waals surface area (Å²) in [5.74, 6) is 0.958. The van der Waals surface area contributed by atoms with Gasteiger partial charge in [-0.3, -0.25) is 14.9 Å². The van der Waals surface area contributed by atoms with Gasteiger partial charge in [-0.2, -0.15) is 0 Å². The largest absolute Gasteiger partial charge is 0.493 e. The number of benzene rings is 3. The Morgan fingerprint density at radius 1 is 0.946 bits per heavy atom. The molecule has 0 aliphatic rings. The van der Waals surface area contributed by atoms with Crippen LogP contribution in [0.15, 0.2) is 65.8 Å². The number of nitro groups is 1. The van der Waals surface area contributed by atoms with Crippen LogP contribution >= 0.6 is 0 Å². The molecular weight excluding hydrogens is 502 g/mol. The number of nitro benzene ring substituents is 1. The number of sulfone groups is 1. The van der Waals surface area contributed by atoms with Crippen molar-refractivity contribution in [1.29, 1.82) is 0 Å². The van der Waals surface area contributed by atoms with Crippen LogP contribution in [-0.2, 0) is 9.84 Å². The summed E-state index contributed by atoms with van der Waals surface area (Å²) in [6, 6.07) is 13.4. The molecular formula is C24H21N5O7S. The molecule has 3 aromatic carbocycles. The fourth-order valence-corrected chi connectivity index (χ4v) is 4.40. The van der Waals surface area contributed by atoms with E-state index in [1.807, 2.05) is 0 Å². The van der Waals surface area contributed by atoms with Crippen LogP contribution in [0.3, 0.4) is 0 Å². The van der Waals surface area contributed by atoms with E-state index in [0.29, 0.717) is 39.6 Å². The van der Waals surface area contributed by atoms with Gasteiger partial charge >= 0.3 is 0 Å². The van der Waals surface area contributed by atoms with E-state index in [1.165, 1.54) is 26.6 Å². The fraction of sp³-hybridized carbons (Fsp3) is 0.125. The van der Waals surface area contributed by atoms with E-state index in [9.17, 15) is 23.3 Å². The highest BCUT2D eigenvalue weighted by atomic mass is 32.2. The van der Waals surface area contributed by atoms with Gasteiger partial charge < -0.3 is 20.1 Å². The van der Waals surface area contributed by atoms with E-state index < -0.39 is 31.3 Å². The minimum Gasteiger partial charge on any atom is -0.493 e. The number of nitrogens with zero attached hydrogens (tertiary/aromatic N) is 3. The topological polar surface area (TPSA) is 163 Å². The van der Waals surface area contributed by atoms with Gasteiger partial charge in [0.2, 0.25) is 0 Å². The minimum absolute atomic E-state index is 0.0573. The number of carbonyl (C=O) groups is 1. The summed E-state index contributed by atoms with van der Waals surface area (Å²) in [5.41, 5.74) is 1.01. The number of hydrogen-bond acceptors (Lipinski definition) is 10. The molecule has 0 saturated carbocycles. The Morgan fingerprint density at radius 2 is 1.59 bits per heavy atom. The second-order valence-corrected chi connectivity index (χ2v) is 9.80. The summed E-state index contributed by atoms with van der Waals surface area (Å²) in [5, 5.41) is 17.9. The van der Waals surface area contributed by atoms with E-state index in [0.717, 1.165) is 18.4 Å². The molecule has 0 spiro atoms. The number of nitrogens with one attached hydrogen (secondary N) is 2. The minimum atomic E-state index is -3.83. The molecule has 190 valence electrons. The van der Waals surface area contributed by atoms with Crippen LogP contribution in [0.1, 0.15) is 10.4 Å². The van der Waals surface area contributed by atoms with Crippen molar-refractivity contribution in [3.63, 3.8) is 0 Å². The summed E-state index contributed by atoms with van der Waals surface area (Å²) in [7, 11) is -0.763. The molecule has 1 amide bonds. The molecule has 4 rings (SSSR count). The van der Waals surface area contributed by atoms with Crippen molar-refractivity contribution in [1.82, 2.24) is 9.97 Å². The number of methoxy groups -OCH3 is 2. The molecule has 0 bridgehead atoms. The lowest BCUT2D eigenvalue weighted by Gasteiger charge is -2.12. The molecule has 0 unspecified atom stereocenters. The molecule has 1 heterocycles. The molecule has 4 aromatic rings. The first kappa shape index (κ1) is 25.3. The van der Waals surface area contributed by atoms with Crippen molar-refractivity contribution in [2.24, 2.45) is 0 Å². The molecule has 0 radical (unpaired) electrons. The van der Waals surface area contributed by atoms with Crippen LogP contribution < -0.4 is 20.1 Å². The third-order valence-electron chi connectivity index (χ3n) is 5.36. The van der Waals surface area contributed by atoms with E-state index in [2.05, 4.69) is 20.6 Å². The predicted octanol–water partition coefficient (Wildman–Crippen LogP) is 3.95. The van der Waals surface area contributed by atoms with Gasteiger partial charge in [-0.1, -0.05) is 0 Å². The van der Waals surface area contributed by atoms with Crippen LogP contribution in [0.25, 0.3) is 10.9 Å². The number of fused-ring (bicyclic) bond motifs is 1. The van der Waals surface area contributed by atoms with Crippen molar-refractivity contribution in [2.45, 2.75) is 4.90 Å². The highest BCUT2D eigenvalue weighted by Crippen LogP contribution is 2.34. The number of anilines is 3. The van der Waals surface area contributed by atoms with E-state index in [4.69, 9.17) is 9.47 Å². The first-order chi connectivity index (χ1) is 17.6. The summed E-state index contributed by atoms with van der Waals surface area (Å²) < 4.78 is 34.3. The number of aromatic nitrogens is 2. The van der Waals surface area contributed by atoms with Crippen LogP contribution in [0.4, 0.5) is 22.9 Å². The van der Waals surface area contributed by atoms with Crippen LogP contribution in [-0.4, -0.2) is 49.7 Å². The Morgan fingerprint density at radius 3 is 2.22 bits per heavy atom. The van der Waals surface area contributed by atoms with E-state index >= 15 is 0 Å². The summed E-state index contributed by atoms with van der Waals surface area (Å²) in [6.45, 7) is 0. The SMILES string of the molecule is COc1cc2ncnc(Nc3ccc(NC(=O)c4ccc(S(C)(=O)=O)c([N+](=O)[O-])c4)cc3)c2cc1OC. The summed E-state index contributed by atoms with van der Waals surface area (Å²) >= 11 is 0. The zero-order chi connectivity index (χ0) is 26.7. The summed E-state index contributed by atoms with van der Waals surface area (Å²) in [4.78, 5) is 31.2. The molecule has 0 saturated heterocycles. The van der Waals surface area contributed by atoms with Gasteiger partial charge in [0.1, 0.15) is 17.0 Å². The Kier molecular flexibility index (Phi) is 6.89. The molecule has 0 fully saturated rings.